The van der Waals surface area contributed by atoms with E-state index in [9.17, 15) is 8.42 Å². The lowest BCUT2D eigenvalue weighted by molar-refractivity contribution is 0.601. The first kappa shape index (κ1) is 14.0. The van der Waals surface area contributed by atoms with Crippen LogP contribution in [0.4, 0.5) is 5.69 Å². The molecule has 0 aliphatic rings. The molecule has 4 nitrogen and oxygen atoms in total. The van der Waals surface area contributed by atoms with Crippen molar-refractivity contribution >= 4 is 15.5 Å². The zero-order chi connectivity index (χ0) is 12.9. The largest absolute Gasteiger partial charge is 0.374 e. The zero-order valence-electron chi connectivity index (χ0n) is 10.4. The van der Waals surface area contributed by atoms with Gasteiger partial charge in [0.05, 0.1) is 5.75 Å². The molecule has 5 heteroatoms. The SMILES string of the molecule is CN(CCS(C)(=O)=O)c1ccc(CCN)cc1. The van der Waals surface area contributed by atoms with Crippen LogP contribution in [0.15, 0.2) is 24.3 Å². The molecule has 0 fully saturated rings. The molecular weight excluding hydrogens is 236 g/mol. The highest BCUT2D eigenvalue weighted by Crippen LogP contribution is 2.13. The molecule has 0 saturated carbocycles. The lowest BCUT2D eigenvalue weighted by Crippen LogP contribution is -2.24. The number of hydrogen-bond acceptors (Lipinski definition) is 4. The van der Waals surface area contributed by atoms with Gasteiger partial charge in [-0.3, -0.25) is 0 Å². The minimum Gasteiger partial charge on any atom is -0.374 e. The van der Waals surface area contributed by atoms with E-state index < -0.39 is 9.84 Å². The molecule has 17 heavy (non-hydrogen) atoms. The summed E-state index contributed by atoms with van der Waals surface area (Å²) in [6.45, 7) is 1.15. The average Bonchev–Trinajstić information content (AvgIpc) is 2.26. The molecule has 0 saturated heterocycles. The summed E-state index contributed by atoms with van der Waals surface area (Å²) in [5.41, 5.74) is 7.70. The second-order valence-electron chi connectivity index (χ2n) is 4.26. The van der Waals surface area contributed by atoms with Gasteiger partial charge in [0.1, 0.15) is 9.84 Å². The van der Waals surface area contributed by atoms with Crippen LogP contribution in [0.5, 0.6) is 0 Å². The number of anilines is 1. The van der Waals surface area contributed by atoms with Gasteiger partial charge in [0, 0.05) is 25.5 Å². The van der Waals surface area contributed by atoms with Crippen LogP contribution in [-0.2, 0) is 16.3 Å². The van der Waals surface area contributed by atoms with Gasteiger partial charge in [-0.15, -0.1) is 0 Å². The van der Waals surface area contributed by atoms with Gasteiger partial charge in [-0.2, -0.15) is 0 Å². The average molecular weight is 256 g/mol. The van der Waals surface area contributed by atoms with Gasteiger partial charge < -0.3 is 10.6 Å². The molecule has 0 spiro atoms. The Kier molecular flexibility index (Phi) is 4.96. The van der Waals surface area contributed by atoms with E-state index in [1.807, 2.05) is 36.2 Å². The molecule has 0 atom stereocenters. The van der Waals surface area contributed by atoms with Gasteiger partial charge in [-0.05, 0) is 30.7 Å². The molecule has 0 heterocycles. The molecule has 0 bridgehead atoms. The first-order chi connectivity index (χ1) is 7.92. The van der Waals surface area contributed by atoms with Gasteiger partial charge in [0.15, 0.2) is 0 Å². The van der Waals surface area contributed by atoms with Crippen molar-refractivity contribution in [3.63, 3.8) is 0 Å². The third-order valence-electron chi connectivity index (χ3n) is 2.61. The van der Waals surface area contributed by atoms with Crippen molar-refractivity contribution in [2.75, 3.05) is 37.0 Å². The number of hydrogen-bond donors (Lipinski definition) is 1. The van der Waals surface area contributed by atoms with Crippen molar-refractivity contribution < 1.29 is 8.42 Å². The van der Waals surface area contributed by atoms with Crippen molar-refractivity contribution in [1.29, 1.82) is 0 Å². The quantitative estimate of drug-likeness (QED) is 0.812. The zero-order valence-corrected chi connectivity index (χ0v) is 11.2. The molecule has 0 aromatic heterocycles. The van der Waals surface area contributed by atoms with Crippen LogP contribution in [0.1, 0.15) is 5.56 Å². The van der Waals surface area contributed by atoms with E-state index in [0.717, 1.165) is 12.1 Å². The summed E-state index contributed by atoms with van der Waals surface area (Å²) in [6, 6.07) is 8.04. The minimum atomic E-state index is -2.90. The summed E-state index contributed by atoms with van der Waals surface area (Å²) in [4.78, 5) is 1.94. The van der Waals surface area contributed by atoms with Gasteiger partial charge in [0.2, 0.25) is 0 Å². The van der Waals surface area contributed by atoms with Gasteiger partial charge in [-0.25, -0.2) is 8.42 Å². The predicted octanol–water partition coefficient (Wildman–Crippen LogP) is 0.669. The lowest BCUT2D eigenvalue weighted by Gasteiger charge is -2.19. The third kappa shape index (κ3) is 5.19. The lowest BCUT2D eigenvalue weighted by atomic mass is 10.1. The Bertz CT molecular complexity index is 440. The predicted molar refractivity (Wildman–Crippen MR) is 72.2 cm³/mol. The van der Waals surface area contributed by atoms with Crippen molar-refractivity contribution in [3.8, 4) is 0 Å². The Hall–Kier alpha value is -1.07. The van der Waals surface area contributed by atoms with Crippen LogP contribution in [0.2, 0.25) is 0 Å². The first-order valence-electron chi connectivity index (χ1n) is 5.60. The Balaban J connectivity index is 2.60. The van der Waals surface area contributed by atoms with Crippen LogP contribution in [0, 0.1) is 0 Å². The molecule has 0 amide bonds. The third-order valence-corrected chi connectivity index (χ3v) is 3.53. The van der Waals surface area contributed by atoms with Crippen molar-refractivity contribution in [3.05, 3.63) is 29.8 Å². The van der Waals surface area contributed by atoms with E-state index in [1.165, 1.54) is 11.8 Å². The van der Waals surface area contributed by atoms with Gasteiger partial charge in [0.25, 0.3) is 0 Å². The minimum absolute atomic E-state index is 0.175. The highest BCUT2D eigenvalue weighted by Gasteiger charge is 2.06. The molecule has 2 N–H and O–H groups in total. The maximum absolute atomic E-state index is 11.1. The fraction of sp³-hybridized carbons (Fsp3) is 0.500. The molecule has 0 aliphatic heterocycles. The molecule has 0 unspecified atom stereocenters. The van der Waals surface area contributed by atoms with Crippen molar-refractivity contribution in [1.82, 2.24) is 0 Å². The highest BCUT2D eigenvalue weighted by molar-refractivity contribution is 7.90. The molecule has 0 radical (unpaired) electrons. The van der Waals surface area contributed by atoms with Crippen LogP contribution >= 0.6 is 0 Å². The molecule has 96 valence electrons. The first-order valence-corrected chi connectivity index (χ1v) is 7.66. The highest BCUT2D eigenvalue weighted by atomic mass is 32.2. The second kappa shape index (κ2) is 6.02. The maximum Gasteiger partial charge on any atom is 0.149 e. The Labute approximate surface area is 103 Å². The van der Waals surface area contributed by atoms with Crippen molar-refractivity contribution in [2.45, 2.75) is 6.42 Å². The summed E-state index contributed by atoms with van der Waals surface area (Å²) in [5, 5.41) is 0. The number of nitrogens with two attached hydrogens (primary N) is 1. The molecule has 0 aliphatic carbocycles. The summed E-state index contributed by atoms with van der Waals surface area (Å²) < 4.78 is 22.1. The monoisotopic (exact) mass is 256 g/mol. The van der Waals surface area contributed by atoms with Gasteiger partial charge >= 0.3 is 0 Å². The van der Waals surface area contributed by atoms with E-state index in [4.69, 9.17) is 5.73 Å². The smallest absolute Gasteiger partial charge is 0.149 e. The maximum atomic E-state index is 11.1. The number of nitrogens with zero attached hydrogens (tertiary/aromatic N) is 1. The van der Waals surface area contributed by atoms with Crippen molar-refractivity contribution in [2.24, 2.45) is 5.73 Å². The normalized spacial score (nSPS) is 11.5. The van der Waals surface area contributed by atoms with Crippen LogP contribution in [-0.4, -0.2) is 40.6 Å². The van der Waals surface area contributed by atoms with E-state index in [0.29, 0.717) is 13.1 Å². The topological polar surface area (TPSA) is 63.4 Å². The van der Waals surface area contributed by atoms with E-state index in [2.05, 4.69) is 0 Å². The standard InChI is InChI=1S/C12H20N2O2S/c1-14(9-10-17(2,15)16)12-5-3-11(4-6-12)7-8-13/h3-6H,7-10,13H2,1-2H3. The summed E-state index contributed by atoms with van der Waals surface area (Å²) in [6.07, 6.45) is 2.12. The molecule has 1 rings (SSSR count). The Morgan fingerprint density at radius 2 is 1.82 bits per heavy atom. The fourth-order valence-electron chi connectivity index (χ4n) is 1.52. The van der Waals surface area contributed by atoms with E-state index in [1.54, 1.807) is 0 Å². The number of sulfone groups is 1. The second-order valence-corrected chi connectivity index (χ2v) is 6.52. The summed E-state index contributed by atoms with van der Waals surface area (Å²) in [5.74, 6) is 0.175. The summed E-state index contributed by atoms with van der Waals surface area (Å²) >= 11 is 0. The Morgan fingerprint density at radius 1 is 1.24 bits per heavy atom. The molecule has 1 aromatic rings. The number of benzene rings is 1. The molecular formula is C12H20N2O2S. The van der Waals surface area contributed by atoms with Crippen LogP contribution in [0.3, 0.4) is 0 Å². The fourth-order valence-corrected chi connectivity index (χ4v) is 2.12. The summed E-state index contributed by atoms with van der Waals surface area (Å²) in [7, 11) is -1.01. The van der Waals surface area contributed by atoms with Gasteiger partial charge in [-0.1, -0.05) is 12.1 Å². The molecule has 1 aromatic carbocycles. The van der Waals surface area contributed by atoms with Crippen LogP contribution < -0.4 is 10.6 Å². The van der Waals surface area contributed by atoms with E-state index >= 15 is 0 Å². The number of rotatable bonds is 6. The van der Waals surface area contributed by atoms with E-state index in [-0.39, 0.29) is 5.75 Å². The van der Waals surface area contributed by atoms with Crippen LogP contribution in [0.25, 0.3) is 0 Å². The Morgan fingerprint density at radius 3 is 2.29 bits per heavy atom.